The van der Waals surface area contributed by atoms with Crippen LogP contribution in [0.5, 0.6) is 11.5 Å². The Bertz CT molecular complexity index is 1660. The molecule has 0 bridgehead atoms. The van der Waals surface area contributed by atoms with Crippen molar-refractivity contribution in [3.05, 3.63) is 105 Å². The van der Waals surface area contributed by atoms with Crippen LogP contribution in [0.3, 0.4) is 0 Å². The fourth-order valence-corrected chi connectivity index (χ4v) is 5.17. The molecule has 9 heteroatoms. The Morgan fingerprint density at radius 3 is 2.27 bits per heavy atom. The number of fused-ring (bicyclic) bond motifs is 5. The second-order valence-corrected chi connectivity index (χ2v) is 10.2. The molecule has 0 amide bonds. The third kappa shape index (κ3) is 4.30. The molecule has 0 aromatic heterocycles. The van der Waals surface area contributed by atoms with Gasteiger partial charge in [0.2, 0.25) is 23.1 Å². The third-order valence-electron chi connectivity index (χ3n) is 7.14. The molecule has 1 atom stereocenters. The summed E-state index contributed by atoms with van der Waals surface area (Å²) in [5, 5.41) is 50.2. The maximum atomic E-state index is 11.9. The van der Waals surface area contributed by atoms with E-state index in [1.807, 2.05) is 19.9 Å². The van der Waals surface area contributed by atoms with Crippen molar-refractivity contribution in [1.29, 1.82) is 0 Å². The van der Waals surface area contributed by atoms with Crippen LogP contribution >= 0.6 is 0 Å². The van der Waals surface area contributed by atoms with Gasteiger partial charge in [-0.2, -0.15) is 0 Å². The Hall–Kier alpha value is -4.89. The highest BCUT2D eigenvalue weighted by atomic mass is 16.5. The number of aliphatic hydroxyl groups is 3. The Morgan fingerprint density at radius 1 is 0.900 bits per heavy atom. The molecule has 6 rings (SSSR count). The summed E-state index contributed by atoms with van der Waals surface area (Å²) in [6.07, 6.45) is 5.01. The van der Waals surface area contributed by atoms with Gasteiger partial charge in [0.05, 0.1) is 0 Å². The predicted octanol–water partition coefficient (Wildman–Crippen LogP) is 4.15. The molecular weight excluding hydrogens is 516 g/mol. The van der Waals surface area contributed by atoms with Crippen LogP contribution in [0.4, 0.5) is 0 Å². The number of hydrogen-bond donors (Lipinski definition) is 5. The molecule has 0 fully saturated rings. The summed E-state index contributed by atoms with van der Waals surface area (Å²) >= 11 is 0. The number of carbonyl (C=O) groups excluding carboxylic acids is 3. The first-order chi connectivity index (χ1) is 18.9. The van der Waals surface area contributed by atoms with Crippen LogP contribution in [-0.4, -0.2) is 55.1 Å². The number of phenols is 2. The zero-order valence-corrected chi connectivity index (χ0v) is 21.7. The Kier molecular flexibility index (Phi) is 6.47. The lowest BCUT2D eigenvalue weighted by Crippen LogP contribution is -2.39. The van der Waals surface area contributed by atoms with Gasteiger partial charge in [0.15, 0.2) is 17.3 Å². The molecule has 2 aromatic rings. The van der Waals surface area contributed by atoms with Crippen molar-refractivity contribution in [2.45, 2.75) is 32.3 Å². The van der Waals surface area contributed by atoms with Crippen LogP contribution < -0.4 is 0 Å². The lowest BCUT2D eigenvalue weighted by molar-refractivity contribution is -0.114. The Labute approximate surface area is 229 Å². The molecule has 40 heavy (non-hydrogen) atoms. The number of Topliss-reactive ketones (excluding diaryl/α,β-unsaturated/α-hetero) is 2. The molecule has 0 saturated heterocycles. The molecule has 1 unspecified atom stereocenters. The highest BCUT2D eigenvalue weighted by molar-refractivity contribution is 6.52. The van der Waals surface area contributed by atoms with Gasteiger partial charge >= 0.3 is 0 Å². The largest absolute Gasteiger partial charge is 0.507 e. The van der Waals surface area contributed by atoms with Crippen molar-refractivity contribution < 1.29 is 44.7 Å². The van der Waals surface area contributed by atoms with Gasteiger partial charge in [-0.3, -0.25) is 14.4 Å². The fraction of sp³-hybridized carbons (Fsp3) is 0.194. The quantitative estimate of drug-likeness (QED) is 0.213. The monoisotopic (exact) mass is 542 g/mol. The minimum absolute atomic E-state index is 0.0348. The summed E-state index contributed by atoms with van der Waals surface area (Å²) in [7, 11) is 0. The number of ether oxygens (including phenoxy) is 1. The number of carbonyl (C=O) groups is 3. The molecule has 2 aromatic carbocycles. The molecule has 4 aliphatic rings. The van der Waals surface area contributed by atoms with E-state index in [-0.39, 0.29) is 53.6 Å². The molecule has 5 N–H and O–H groups in total. The first-order valence-corrected chi connectivity index (χ1v) is 12.5. The molecule has 9 nitrogen and oxygen atoms in total. The van der Waals surface area contributed by atoms with E-state index in [9.17, 15) is 39.9 Å². The number of aliphatic hydroxyl groups excluding tert-OH is 2. The first-order valence-electron chi connectivity index (χ1n) is 12.5. The predicted molar refractivity (Wildman–Crippen MR) is 144 cm³/mol. The van der Waals surface area contributed by atoms with E-state index in [1.165, 1.54) is 24.3 Å². The van der Waals surface area contributed by atoms with Crippen molar-refractivity contribution in [3.63, 3.8) is 0 Å². The maximum absolute atomic E-state index is 11.9. The van der Waals surface area contributed by atoms with Crippen LogP contribution in [0.15, 0.2) is 82.9 Å². The van der Waals surface area contributed by atoms with Crippen LogP contribution in [0.2, 0.25) is 0 Å². The van der Waals surface area contributed by atoms with Crippen molar-refractivity contribution in [2.24, 2.45) is 0 Å². The lowest BCUT2D eigenvalue weighted by atomic mass is 9.85. The normalized spacial score (nSPS) is 20.7. The number of allylic oxidation sites excluding steroid dienone is 5. The zero-order chi connectivity index (χ0) is 28.9. The number of ketones is 3. The summed E-state index contributed by atoms with van der Waals surface area (Å²) in [6, 6.07) is 9.39. The summed E-state index contributed by atoms with van der Waals surface area (Å²) < 4.78 is 5.40. The second-order valence-electron chi connectivity index (χ2n) is 10.2. The Balaban J connectivity index is 0.000000165. The van der Waals surface area contributed by atoms with Crippen molar-refractivity contribution in [3.8, 4) is 11.5 Å². The number of aromatic hydroxyl groups is 2. The van der Waals surface area contributed by atoms with E-state index in [0.29, 0.717) is 27.8 Å². The zero-order valence-electron chi connectivity index (χ0n) is 21.7. The molecule has 204 valence electrons. The standard InChI is InChI=1S/C16H12O6.C15H14O3/c17-10-2-1-8-13-9-4-12(19)11(18)3-7(9)5-16(13,21)6-22-15(8)14(10)20;1-9(2)7-8-12-13(16)10-5-3-4-6-11(10)14(17)15(12)18/h1-4,18-21H,5-6H2;3-7,16H,8H2,1-2H3. The SMILES string of the molecule is CC(C)=CCC1=C(O)c2ccccc2C(=O)C1=O.O=C1C=CC2=C3c4cc(O)c(O)cc4CC3(O)COC2=C1O. The van der Waals surface area contributed by atoms with Crippen molar-refractivity contribution in [2.75, 3.05) is 6.61 Å². The van der Waals surface area contributed by atoms with Crippen LogP contribution in [0.1, 0.15) is 47.3 Å². The van der Waals surface area contributed by atoms with Gasteiger partial charge in [-0.1, -0.05) is 35.9 Å². The van der Waals surface area contributed by atoms with Crippen LogP contribution in [0, 0.1) is 0 Å². The van der Waals surface area contributed by atoms with Crippen LogP contribution in [0.25, 0.3) is 11.3 Å². The molecule has 0 spiro atoms. The molecule has 1 heterocycles. The number of hydrogen-bond acceptors (Lipinski definition) is 9. The third-order valence-corrected chi connectivity index (χ3v) is 7.14. The summed E-state index contributed by atoms with van der Waals surface area (Å²) in [5.41, 5.74) is 2.74. The second kappa shape index (κ2) is 9.69. The average Bonchev–Trinajstić information content (AvgIpc) is 3.21. The summed E-state index contributed by atoms with van der Waals surface area (Å²) in [5.74, 6) is -2.81. The highest BCUT2D eigenvalue weighted by Crippen LogP contribution is 2.50. The molecular formula is C31H26O9. The van der Waals surface area contributed by atoms with E-state index >= 15 is 0 Å². The van der Waals surface area contributed by atoms with Gasteiger partial charge in [0.1, 0.15) is 18.0 Å². The number of rotatable bonds is 2. The smallest absolute Gasteiger partial charge is 0.234 e. The van der Waals surface area contributed by atoms with E-state index in [1.54, 1.807) is 24.3 Å². The number of benzene rings is 2. The van der Waals surface area contributed by atoms with Gasteiger partial charge in [-0.05, 0) is 55.7 Å². The molecule has 0 radical (unpaired) electrons. The Morgan fingerprint density at radius 2 is 1.57 bits per heavy atom. The first kappa shape index (κ1) is 26.7. The van der Waals surface area contributed by atoms with E-state index in [2.05, 4.69) is 0 Å². The van der Waals surface area contributed by atoms with Crippen LogP contribution in [-0.2, 0) is 20.7 Å². The van der Waals surface area contributed by atoms with Gasteiger partial charge in [0, 0.05) is 34.3 Å². The van der Waals surface area contributed by atoms with Gasteiger partial charge in [-0.25, -0.2) is 0 Å². The van der Waals surface area contributed by atoms with Gasteiger partial charge in [-0.15, -0.1) is 0 Å². The minimum Gasteiger partial charge on any atom is -0.507 e. The lowest BCUT2D eigenvalue weighted by Gasteiger charge is -2.33. The van der Waals surface area contributed by atoms with E-state index in [0.717, 1.165) is 5.57 Å². The topological polar surface area (TPSA) is 162 Å². The van der Waals surface area contributed by atoms with Gasteiger partial charge in [0.25, 0.3) is 0 Å². The van der Waals surface area contributed by atoms with Crippen molar-refractivity contribution >= 4 is 28.7 Å². The summed E-state index contributed by atoms with van der Waals surface area (Å²) in [4.78, 5) is 35.3. The van der Waals surface area contributed by atoms with E-state index in [4.69, 9.17) is 4.74 Å². The highest BCUT2D eigenvalue weighted by Gasteiger charge is 2.48. The molecule has 3 aliphatic carbocycles. The fourth-order valence-electron chi connectivity index (χ4n) is 5.17. The van der Waals surface area contributed by atoms with Gasteiger partial charge < -0.3 is 30.3 Å². The number of phenolic OH excluding ortho intramolecular Hbond substituents is 2. The molecule has 1 aliphatic heterocycles. The summed E-state index contributed by atoms with van der Waals surface area (Å²) in [6.45, 7) is 3.68. The van der Waals surface area contributed by atoms with E-state index < -0.39 is 28.7 Å². The minimum atomic E-state index is -1.33. The average molecular weight is 543 g/mol. The maximum Gasteiger partial charge on any atom is 0.234 e. The molecule has 0 saturated carbocycles. The van der Waals surface area contributed by atoms with Crippen molar-refractivity contribution in [1.82, 2.24) is 0 Å².